The lowest BCUT2D eigenvalue weighted by atomic mass is 9.74. The van der Waals surface area contributed by atoms with E-state index in [0.29, 0.717) is 5.92 Å². The molecule has 0 amide bonds. The summed E-state index contributed by atoms with van der Waals surface area (Å²) < 4.78 is 13.7. The summed E-state index contributed by atoms with van der Waals surface area (Å²) in [6.45, 7) is 3.83. The van der Waals surface area contributed by atoms with Crippen molar-refractivity contribution >= 4 is 11.6 Å². The molecule has 0 unspecified atom stereocenters. The van der Waals surface area contributed by atoms with E-state index in [9.17, 15) is 4.39 Å². The molecule has 2 aliphatic rings. The monoisotopic (exact) mass is 390 g/mol. The Hall–Kier alpha value is -0.820. The summed E-state index contributed by atoms with van der Waals surface area (Å²) in [5.74, 6) is 3.11. The number of allylic oxidation sites excluding steroid dienone is 1. The van der Waals surface area contributed by atoms with Gasteiger partial charge >= 0.3 is 0 Å². The predicted octanol–water partition coefficient (Wildman–Crippen LogP) is 8.70. The van der Waals surface area contributed by atoms with Crippen molar-refractivity contribution in [3.05, 3.63) is 47.3 Å². The van der Waals surface area contributed by atoms with Crippen LogP contribution >= 0.6 is 11.6 Å². The van der Waals surface area contributed by atoms with Crippen LogP contribution in [-0.2, 0) is 0 Å². The smallest absolute Gasteiger partial charge is 0.142 e. The van der Waals surface area contributed by atoms with Gasteiger partial charge in [-0.2, -0.15) is 0 Å². The molecule has 2 fully saturated rings. The van der Waals surface area contributed by atoms with Crippen molar-refractivity contribution in [3.63, 3.8) is 0 Å². The summed E-state index contributed by atoms with van der Waals surface area (Å²) in [5, 5.41) is 0.239. The summed E-state index contributed by atoms with van der Waals surface area (Å²) in [4.78, 5) is 0. The Labute approximate surface area is 170 Å². The Balaban J connectivity index is 1.33. The van der Waals surface area contributed by atoms with Gasteiger partial charge in [-0.3, -0.25) is 0 Å². The van der Waals surface area contributed by atoms with Crippen molar-refractivity contribution in [3.8, 4) is 0 Å². The molecule has 0 aromatic heterocycles. The number of hydrogen-bond acceptors (Lipinski definition) is 0. The summed E-state index contributed by atoms with van der Waals surface area (Å²) in [6.07, 6.45) is 19.7. The molecule has 3 rings (SSSR count). The van der Waals surface area contributed by atoms with Crippen molar-refractivity contribution in [1.82, 2.24) is 0 Å². The first-order valence-electron chi connectivity index (χ1n) is 11.2. The van der Waals surface area contributed by atoms with E-state index in [1.165, 1.54) is 83.5 Å². The van der Waals surface area contributed by atoms with E-state index in [2.05, 4.69) is 12.7 Å². The van der Waals surface area contributed by atoms with E-state index < -0.39 is 0 Å². The quantitative estimate of drug-likeness (QED) is 0.307. The molecule has 1 aromatic carbocycles. The van der Waals surface area contributed by atoms with E-state index in [4.69, 9.17) is 11.6 Å². The van der Waals surface area contributed by atoms with Crippen LogP contribution in [0.1, 0.15) is 95.0 Å². The molecule has 150 valence electrons. The molecule has 0 radical (unpaired) electrons. The van der Waals surface area contributed by atoms with Crippen molar-refractivity contribution in [1.29, 1.82) is 0 Å². The number of rotatable bonds is 8. The van der Waals surface area contributed by atoms with E-state index in [1.807, 2.05) is 6.07 Å². The maximum absolute atomic E-state index is 13.7. The first kappa shape index (κ1) is 20.9. The summed E-state index contributed by atoms with van der Waals surface area (Å²) >= 11 is 5.82. The Kier molecular flexibility index (Phi) is 8.24. The van der Waals surface area contributed by atoms with Crippen LogP contribution in [0, 0.1) is 23.6 Å². The minimum Gasteiger partial charge on any atom is -0.205 e. The normalized spacial score (nSPS) is 28.8. The maximum atomic E-state index is 13.7. The molecular formula is C25H36ClF. The zero-order valence-corrected chi connectivity index (χ0v) is 17.5. The van der Waals surface area contributed by atoms with Gasteiger partial charge in [0.2, 0.25) is 0 Å². The third kappa shape index (κ3) is 6.34. The minimum atomic E-state index is -0.267. The summed E-state index contributed by atoms with van der Waals surface area (Å²) in [7, 11) is 0. The standard InChI is InChI=1S/C25H36ClF/c1-2-3-4-5-19-6-8-20(9-7-19)10-11-21-12-14-22(15-13-21)23-16-17-24(26)25(27)18-23/h2,16-22H,1,3-15H2. The van der Waals surface area contributed by atoms with Crippen molar-refractivity contribution in [2.45, 2.75) is 89.4 Å². The molecule has 0 heterocycles. The molecule has 2 heteroatoms. The minimum absolute atomic E-state index is 0.239. The highest BCUT2D eigenvalue weighted by Gasteiger charge is 2.25. The van der Waals surface area contributed by atoms with Gasteiger partial charge in [-0.05, 0) is 79.9 Å². The molecule has 27 heavy (non-hydrogen) atoms. The van der Waals surface area contributed by atoms with Gasteiger partial charge in [0.25, 0.3) is 0 Å². The highest BCUT2D eigenvalue weighted by Crippen LogP contribution is 2.40. The van der Waals surface area contributed by atoms with Crippen LogP contribution in [0.3, 0.4) is 0 Å². The van der Waals surface area contributed by atoms with Crippen molar-refractivity contribution in [2.24, 2.45) is 17.8 Å². The van der Waals surface area contributed by atoms with Gasteiger partial charge in [0, 0.05) is 0 Å². The largest absolute Gasteiger partial charge is 0.205 e. The summed E-state index contributed by atoms with van der Waals surface area (Å²) in [5.41, 5.74) is 1.14. The van der Waals surface area contributed by atoms with Crippen LogP contribution in [0.5, 0.6) is 0 Å². The fourth-order valence-electron chi connectivity index (χ4n) is 5.38. The van der Waals surface area contributed by atoms with Gasteiger partial charge in [0.05, 0.1) is 5.02 Å². The van der Waals surface area contributed by atoms with Gasteiger partial charge in [-0.25, -0.2) is 4.39 Å². The molecule has 1 aromatic rings. The fraction of sp³-hybridized carbons (Fsp3) is 0.680. The van der Waals surface area contributed by atoms with Crippen LogP contribution in [0.15, 0.2) is 30.9 Å². The molecule has 2 aliphatic carbocycles. The number of benzene rings is 1. The average molecular weight is 391 g/mol. The van der Waals surface area contributed by atoms with Crippen LogP contribution in [0.2, 0.25) is 5.02 Å². The second-order valence-electron chi connectivity index (χ2n) is 9.07. The van der Waals surface area contributed by atoms with E-state index in [1.54, 1.807) is 12.1 Å². The number of hydrogen-bond donors (Lipinski definition) is 0. The molecule has 0 saturated heterocycles. The third-order valence-corrected chi connectivity index (χ3v) is 7.54. The Bertz CT molecular complexity index is 580. The highest BCUT2D eigenvalue weighted by molar-refractivity contribution is 6.30. The Morgan fingerprint density at radius 3 is 2.00 bits per heavy atom. The van der Waals surface area contributed by atoms with E-state index in [-0.39, 0.29) is 10.8 Å². The van der Waals surface area contributed by atoms with Crippen LogP contribution < -0.4 is 0 Å². The van der Waals surface area contributed by atoms with E-state index >= 15 is 0 Å². The second-order valence-corrected chi connectivity index (χ2v) is 9.48. The molecule has 0 bridgehead atoms. The van der Waals surface area contributed by atoms with Gasteiger partial charge in [0.1, 0.15) is 5.82 Å². The molecule has 0 nitrogen and oxygen atoms in total. The van der Waals surface area contributed by atoms with Crippen molar-refractivity contribution in [2.75, 3.05) is 0 Å². The van der Waals surface area contributed by atoms with Crippen molar-refractivity contribution < 1.29 is 4.39 Å². The molecule has 0 N–H and O–H groups in total. The van der Waals surface area contributed by atoms with Gasteiger partial charge in [-0.15, -0.1) is 6.58 Å². The first-order chi connectivity index (χ1) is 13.2. The lowest BCUT2D eigenvalue weighted by molar-refractivity contribution is 0.223. The lowest BCUT2D eigenvalue weighted by Crippen LogP contribution is -2.18. The maximum Gasteiger partial charge on any atom is 0.142 e. The zero-order chi connectivity index (χ0) is 19.1. The van der Waals surface area contributed by atoms with Crippen LogP contribution in [0.25, 0.3) is 0 Å². The number of halogens is 2. The molecular weight excluding hydrogens is 355 g/mol. The molecule has 0 spiro atoms. The fourth-order valence-corrected chi connectivity index (χ4v) is 5.50. The summed E-state index contributed by atoms with van der Waals surface area (Å²) in [6, 6.07) is 5.39. The van der Waals surface area contributed by atoms with Gasteiger partial charge in [0.15, 0.2) is 0 Å². The molecule has 2 saturated carbocycles. The average Bonchev–Trinajstić information content (AvgIpc) is 2.70. The highest BCUT2D eigenvalue weighted by atomic mass is 35.5. The predicted molar refractivity (Wildman–Crippen MR) is 115 cm³/mol. The van der Waals surface area contributed by atoms with E-state index in [0.717, 1.165) is 23.3 Å². The molecule has 0 atom stereocenters. The van der Waals surface area contributed by atoms with Gasteiger partial charge < -0.3 is 0 Å². The number of unbranched alkanes of at least 4 members (excludes halogenated alkanes) is 1. The second kappa shape index (κ2) is 10.6. The SMILES string of the molecule is C=CCCCC1CCC(CCC2CCC(c3ccc(Cl)c(F)c3)CC2)CC1. The lowest BCUT2D eigenvalue weighted by Gasteiger charge is -2.32. The van der Waals surface area contributed by atoms with Crippen LogP contribution in [-0.4, -0.2) is 0 Å². The Morgan fingerprint density at radius 2 is 1.44 bits per heavy atom. The zero-order valence-electron chi connectivity index (χ0n) is 16.8. The first-order valence-corrected chi connectivity index (χ1v) is 11.6. The Morgan fingerprint density at radius 1 is 0.889 bits per heavy atom. The third-order valence-electron chi connectivity index (χ3n) is 7.23. The van der Waals surface area contributed by atoms with Crippen LogP contribution in [0.4, 0.5) is 4.39 Å². The topological polar surface area (TPSA) is 0 Å². The van der Waals surface area contributed by atoms with Gasteiger partial charge in [-0.1, -0.05) is 68.7 Å². The molecule has 0 aliphatic heterocycles.